The van der Waals surface area contributed by atoms with Crippen LogP contribution in [0.1, 0.15) is 24.4 Å². The number of hydrogen-bond donors (Lipinski definition) is 1. The quantitative estimate of drug-likeness (QED) is 0.541. The molecule has 0 aromatic heterocycles. The first kappa shape index (κ1) is 20.4. The number of carbonyl (C=O) groups excluding carboxylic acids is 2. The fourth-order valence-corrected chi connectivity index (χ4v) is 3.72. The second-order valence-electron chi connectivity index (χ2n) is 6.50. The molecule has 148 valence electrons. The molecule has 1 N–H and O–H groups in total. The monoisotopic (exact) mass is 446 g/mol. The number of methoxy groups -OCH3 is 1. The van der Waals surface area contributed by atoms with Crippen molar-refractivity contribution < 1.29 is 19.1 Å². The van der Waals surface area contributed by atoms with Crippen molar-refractivity contribution in [2.75, 3.05) is 32.2 Å². The van der Waals surface area contributed by atoms with Crippen LogP contribution in [0.25, 0.3) is 0 Å². The number of anilines is 1. The Labute approximate surface area is 172 Å². The van der Waals surface area contributed by atoms with Gasteiger partial charge in [0, 0.05) is 18.1 Å². The Hall–Kier alpha value is -2.38. The molecular weight excluding hydrogens is 424 g/mol. The van der Waals surface area contributed by atoms with Crippen LogP contribution in [0, 0.1) is 0 Å². The van der Waals surface area contributed by atoms with Crippen molar-refractivity contribution in [3.63, 3.8) is 0 Å². The van der Waals surface area contributed by atoms with Crippen LogP contribution in [-0.4, -0.2) is 43.6 Å². The van der Waals surface area contributed by atoms with Crippen LogP contribution in [0.4, 0.5) is 5.69 Å². The first-order chi connectivity index (χ1) is 13.6. The number of carbonyl (C=O) groups is 2. The number of hydrogen-bond acceptors (Lipinski definition) is 4. The molecule has 1 heterocycles. The molecule has 3 rings (SSSR count). The lowest BCUT2D eigenvalue weighted by atomic mass is 10.0. The van der Waals surface area contributed by atoms with Crippen molar-refractivity contribution in [1.29, 1.82) is 0 Å². The SMILES string of the molecule is COCCOc1ccccc1NC(=O)C(=O)N1CCC[C@@H]1c1cccc(Br)c1. The first-order valence-corrected chi connectivity index (χ1v) is 9.97. The number of benzene rings is 2. The zero-order valence-corrected chi connectivity index (χ0v) is 17.3. The molecule has 0 bridgehead atoms. The average molecular weight is 447 g/mol. The lowest BCUT2D eigenvalue weighted by Crippen LogP contribution is -2.39. The van der Waals surface area contributed by atoms with Gasteiger partial charge in [0.1, 0.15) is 12.4 Å². The van der Waals surface area contributed by atoms with E-state index in [9.17, 15) is 9.59 Å². The van der Waals surface area contributed by atoms with Crippen molar-refractivity contribution in [2.24, 2.45) is 0 Å². The van der Waals surface area contributed by atoms with Crippen LogP contribution in [0.5, 0.6) is 5.75 Å². The Morgan fingerprint density at radius 2 is 2.00 bits per heavy atom. The molecule has 0 aliphatic carbocycles. The Morgan fingerprint density at radius 1 is 1.18 bits per heavy atom. The molecule has 6 nitrogen and oxygen atoms in total. The number of ether oxygens (including phenoxy) is 2. The third-order valence-corrected chi connectivity index (χ3v) is 5.11. The number of nitrogens with one attached hydrogen (secondary N) is 1. The van der Waals surface area contributed by atoms with E-state index in [0.29, 0.717) is 31.2 Å². The van der Waals surface area contributed by atoms with Crippen molar-refractivity contribution in [3.8, 4) is 5.75 Å². The maximum Gasteiger partial charge on any atom is 0.314 e. The van der Waals surface area contributed by atoms with E-state index in [4.69, 9.17) is 9.47 Å². The number of nitrogens with zero attached hydrogens (tertiary/aromatic N) is 1. The molecule has 2 aromatic carbocycles. The van der Waals surface area contributed by atoms with Crippen molar-refractivity contribution in [1.82, 2.24) is 4.90 Å². The summed E-state index contributed by atoms with van der Waals surface area (Å²) in [7, 11) is 1.59. The first-order valence-electron chi connectivity index (χ1n) is 9.18. The summed E-state index contributed by atoms with van der Waals surface area (Å²) in [6, 6.07) is 14.8. The molecule has 0 radical (unpaired) electrons. The molecule has 2 aromatic rings. The van der Waals surface area contributed by atoms with Crippen LogP contribution in [-0.2, 0) is 14.3 Å². The number of amides is 2. The molecule has 28 heavy (non-hydrogen) atoms. The van der Waals surface area contributed by atoms with Gasteiger partial charge in [-0.3, -0.25) is 9.59 Å². The zero-order valence-electron chi connectivity index (χ0n) is 15.7. The lowest BCUT2D eigenvalue weighted by Gasteiger charge is -2.25. The van der Waals surface area contributed by atoms with Gasteiger partial charge in [0.15, 0.2) is 0 Å². The molecule has 1 aliphatic rings. The summed E-state index contributed by atoms with van der Waals surface area (Å²) in [4.78, 5) is 27.1. The summed E-state index contributed by atoms with van der Waals surface area (Å²) in [6.45, 7) is 1.35. The van der Waals surface area contributed by atoms with Crippen molar-refractivity contribution >= 4 is 33.4 Å². The Balaban J connectivity index is 1.70. The van der Waals surface area contributed by atoms with Crippen molar-refractivity contribution in [3.05, 3.63) is 58.6 Å². The lowest BCUT2D eigenvalue weighted by molar-refractivity contribution is -0.143. The van der Waals surface area contributed by atoms with Gasteiger partial charge >= 0.3 is 11.8 Å². The van der Waals surface area contributed by atoms with Gasteiger partial charge in [-0.25, -0.2) is 0 Å². The van der Waals surface area contributed by atoms with E-state index in [1.54, 1.807) is 30.2 Å². The molecular formula is C21H23BrN2O4. The minimum atomic E-state index is -0.662. The summed E-state index contributed by atoms with van der Waals surface area (Å²) in [5.41, 5.74) is 1.49. The largest absolute Gasteiger partial charge is 0.489 e. The van der Waals surface area contributed by atoms with Gasteiger partial charge < -0.3 is 19.7 Å². The van der Waals surface area contributed by atoms with E-state index in [2.05, 4.69) is 21.2 Å². The smallest absolute Gasteiger partial charge is 0.314 e. The van der Waals surface area contributed by atoms with Gasteiger partial charge in [-0.2, -0.15) is 0 Å². The van der Waals surface area contributed by atoms with Gasteiger partial charge in [-0.15, -0.1) is 0 Å². The molecule has 1 atom stereocenters. The van der Waals surface area contributed by atoms with E-state index < -0.39 is 11.8 Å². The predicted octanol–water partition coefficient (Wildman–Crippen LogP) is 3.78. The highest BCUT2D eigenvalue weighted by Gasteiger charge is 2.33. The second-order valence-corrected chi connectivity index (χ2v) is 7.42. The van der Waals surface area contributed by atoms with Gasteiger partial charge in [0.25, 0.3) is 0 Å². The van der Waals surface area contributed by atoms with Crippen LogP contribution < -0.4 is 10.1 Å². The Kier molecular flexibility index (Phi) is 7.06. The molecule has 2 amide bonds. The van der Waals surface area contributed by atoms with Gasteiger partial charge in [-0.05, 0) is 42.7 Å². The Morgan fingerprint density at radius 3 is 2.79 bits per heavy atom. The summed E-state index contributed by atoms with van der Waals surface area (Å²) in [5.74, 6) is -0.690. The highest BCUT2D eigenvalue weighted by molar-refractivity contribution is 9.10. The molecule has 0 saturated carbocycles. The Bertz CT molecular complexity index is 843. The number of halogens is 1. The minimum absolute atomic E-state index is 0.0936. The minimum Gasteiger partial charge on any atom is -0.489 e. The maximum absolute atomic E-state index is 12.8. The third-order valence-electron chi connectivity index (χ3n) is 4.62. The van der Waals surface area contributed by atoms with Crippen LogP contribution in [0.15, 0.2) is 53.0 Å². The van der Waals surface area contributed by atoms with E-state index >= 15 is 0 Å². The van der Waals surface area contributed by atoms with Gasteiger partial charge in [0.2, 0.25) is 0 Å². The molecule has 7 heteroatoms. The normalized spacial score (nSPS) is 16.1. The number of likely N-dealkylation sites (tertiary alicyclic amines) is 1. The van der Waals surface area contributed by atoms with E-state index in [-0.39, 0.29) is 6.04 Å². The fourth-order valence-electron chi connectivity index (χ4n) is 3.31. The topological polar surface area (TPSA) is 67.9 Å². The molecule has 1 saturated heterocycles. The number of rotatable bonds is 6. The van der Waals surface area contributed by atoms with Crippen LogP contribution in [0.2, 0.25) is 0 Å². The molecule has 1 fully saturated rings. The molecule has 1 aliphatic heterocycles. The van der Waals surface area contributed by atoms with Crippen LogP contribution >= 0.6 is 15.9 Å². The second kappa shape index (κ2) is 9.71. The highest BCUT2D eigenvalue weighted by atomic mass is 79.9. The standard InChI is InChI=1S/C21H23BrN2O4/c1-27-12-13-28-19-10-3-2-8-17(19)23-20(25)21(26)24-11-5-9-18(24)15-6-4-7-16(22)14-15/h2-4,6-8,10,14,18H,5,9,11-13H2,1H3,(H,23,25)/t18-/m1/s1. The summed E-state index contributed by atoms with van der Waals surface area (Å²) in [5, 5.41) is 2.69. The summed E-state index contributed by atoms with van der Waals surface area (Å²) < 4.78 is 11.5. The van der Waals surface area contributed by atoms with Crippen molar-refractivity contribution in [2.45, 2.75) is 18.9 Å². The average Bonchev–Trinajstić information content (AvgIpc) is 3.18. The van der Waals surface area contributed by atoms with Gasteiger partial charge in [-0.1, -0.05) is 40.2 Å². The maximum atomic E-state index is 12.8. The van der Waals surface area contributed by atoms with E-state index in [1.165, 1.54) is 0 Å². The van der Waals surface area contributed by atoms with E-state index in [0.717, 1.165) is 22.9 Å². The summed E-state index contributed by atoms with van der Waals surface area (Å²) in [6.07, 6.45) is 1.71. The third kappa shape index (κ3) is 4.91. The predicted molar refractivity (Wildman–Crippen MR) is 110 cm³/mol. The van der Waals surface area contributed by atoms with Gasteiger partial charge in [0.05, 0.1) is 18.3 Å². The summed E-state index contributed by atoms with van der Waals surface area (Å²) >= 11 is 3.47. The number of para-hydroxylation sites is 2. The molecule has 0 unspecified atom stereocenters. The highest BCUT2D eigenvalue weighted by Crippen LogP contribution is 2.33. The van der Waals surface area contributed by atoms with E-state index in [1.807, 2.05) is 30.3 Å². The fraction of sp³-hybridized carbons (Fsp3) is 0.333. The van der Waals surface area contributed by atoms with Crippen LogP contribution in [0.3, 0.4) is 0 Å². The zero-order chi connectivity index (χ0) is 19.9. The molecule has 0 spiro atoms.